The Hall–Kier alpha value is -1.59. The lowest BCUT2D eigenvalue weighted by Gasteiger charge is -2.05. The van der Waals surface area contributed by atoms with E-state index in [0.717, 1.165) is 0 Å². The number of nitrogens with zero attached hydrogens (tertiary/aromatic N) is 4. The van der Waals surface area contributed by atoms with Crippen LogP contribution >= 0.6 is 11.8 Å². The highest BCUT2D eigenvalue weighted by molar-refractivity contribution is 7.99. The van der Waals surface area contributed by atoms with Gasteiger partial charge >= 0.3 is 0 Å². The van der Waals surface area contributed by atoms with Crippen LogP contribution in [0.2, 0.25) is 0 Å². The summed E-state index contributed by atoms with van der Waals surface area (Å²) in [6.45, 7) is 3.01. The van der Waals surface area contributed by atoms with Crippen LogP contribution in [0, 0.1) is 11.3 Å². The van der Waals surface area contributed by atoms with Crippen molar-refractivity contribution in [3.63, 3.8) is 0 Å². The largest absolute Gasteiger partial charge is 0.342 e. The van der Waals surface area contributed by atoms with Crippen molar-refractivity contribution >= 4 is 17.7 Å². The molecule has 3 N–H and O–H groups in total. The van der Waals surface area contributed by atoms with E-state index in [1.54, 1.807) is 0 Å². The molecule has 0 aliphatic heterocycles. The van der Waals surface area contributed by atoms with E-state index in [9.17, 15) is 4.79 Å². The molecule has 17 heavy (non-hydrogen) atoms. The summed E-state index contributed by atoms with van der Waals surface area (Å²) in [5.41, 5.74) is 5.51. The summed E-state index contributed by atoms with van der Waals surface area (Å²) in [5.74, 6) is 0.716. The van der Waals surface area contributed by atoms with Crippen LogP contribution in [0.15, 0.2) is 5.16 Å². The zero-order valence-corrected chi connectivity index (χ0v) is 10.3. The van der Waals surface area contributed by atoms with Gasteiger partial charge in [0.25, 0.3) is 0 Å². The summed E-state index contributed by atoms with van der Waals surface area (Å²) >= 11 is 1.28. The van der Waals surface area contributed by atoms with Crippen molar-refractivity contribution in [1.82, 2.24) is 20.1 Å². The van der Waals surface area contributed by atoms with Crippen molar-refractivity contribution in [2.75, 3.05) is 12.3 Å². The first-order chi connectivity index (χ1) is 8.22. The minimum atomic E-state index is -0.198. The second-order valence-corrected chi connectivity index (χ2v) is 4.01. The maximum atomic E-state index is 11.3. The zero-order chi connectivity index (χ0) is 12.7. The third-order valence-corrected chi connectivity index (χ3v) is 2.96. The molecule has 1 amide bonds. The van der Waals surface area contributed by atoms with Crippen LogP contribution in [-0.4, -0.2) is 33.0 Å². The smallest absolute Gasteiger partial charge is 0.231 e. The maximum absolute atomic E-state index is 11.3. The fourth-order valence-corrected chi connectivity index (χ4v) is 2.06. The molecular weight excluding hydrogens is 240 g/mol. The maximum Gasteiger partial charge on any atom is 0.231 e. The van der Waals surface area contributed by atoms with Gasteiger partial charge in [-0.2, -0.15) is 5.26 Å². The van der Waals surface area contributed by atoms with Gasteiger partial charge in [0.15, 0.2) is 5.16 Å². The number of hydrogen-bond donors (Lipinski definition) is 2. The van der Waals surface area contributed by atoms with E-state index in [2.05, 4.69) is 15.5 Å². The molecule has 7 nitrogen and oxygen atoms in total. The Labute approximate surface area is 103 Å². The van der Waals surface area contributed by atoms with E-state index in [1.807, 2.05) is 17.6 Å². The lowest BCUT2D eigenvalue weighted by Crippen LogP contribution is -2.25. The summed E-state index contributed by atoms with van der Waals surface area (Å²) in [6.07, 6.45) is 0. The molecule has 0 bridgehead atoms. The van der Waals surface area contributed by atoms with Gasteiger partial charge in [-0.1, -0.05) is 11.8 Å². The molecule has 1 heterocycles. The van der Waals surface area contributed by atoms with Crippen LogP contribution in [-0.2, 0) is 17.9 Å². The molecule has 0 aliphatic carbocycles. The highest BCUT2D eigenvalue weighted by Gasteiger charge is 2.11. The Bertz CT molecular complexity index is 424. The molecule has 0 unspecified atom stereocenters. The first-order valence-corrected chi connectivity index (χ1v) is 6.10. The van der Waals surface area contributed by atoms with E-state index in [4.69, 9.17) is 11.0 Å². The molecule has 1 aromatic heterocycles. The van der Waals surface area contributed by atoms with Gasteiger partial charge in [0.05, 0.1) is 18.4 Å². The summed E-state index contributed by atoms with van der Waals surface area (Å²) in [7, 11) is 0. The summed E-state index contributed by atoms with van der Waals surface area (Å²) < 4.78 is 1.86. The van der Waals surface area contributed by atoms with Crippen molar-refractivity contribution in [2.24, 2.45) is 5.73 Å². The van der Waals surface area contributed by atoms with E-state index in [0.29, 0.717) is 24.1 Å². The molecule has 0 saturated heterocycles. The van der Waals surface area contributed by atoms with Crippen molar-refractivity contribution < 1.29 is 4.79 Å². The molecule has 1 rings (SSSR count). The van der Waals surface area contributed by atoms with Gasteiger partial charge in [-0.05, 0) is 6.92 Å². The van der Waals surface area contributed by atoms with E-state index in [1.165, 1.54) is 11.8 Å². The average Bonchev–Trinajstić information content (AvgIpc) is 2.75. The predicted molar refractivity (Wildman–Crippen MR) is 62.9 cm³/mol. The minimum absolute atomic E-state index is 0.0217. The average molecular weight is 254 g/mol. The third-order valence-electron chi connectivity index (χ3n) is 1.99. The summed E-state index contributed by atoms with van der Waals surface area (Å²) in [4.78, 5) is 11.3. The highest BCUT2D eigenvalue weighted by Crippen LogP contribution is 2.16. The van der Waals surface area contributed by atoms with Gasteiger partial charge in [0.1, 0.15) is 12.4 Å². The molecule has 0 fully saturated rings. The number of nitrogens with one attached hydrogen (secondary N) is 1. The zero-order valence-electron chi connectivity index (χ0n) is 9.51. The topological polar surface area (TPSA) is 110 Å². The first-order valence-electron chi connectivity index (χ1n) is 5.11. The lowest BCUT2D eigenvalue weighted by atomic mass is 10.6. The molecule has 0 spiro atoms. The van der Waals surface area contributed by atoms with Crippen LogP contribution in [0.4, 0.5) is 0 Å². The standard InChI is InChI=1S/C9H14N6OS/c1-2-15-7(5-11)13-14-9(15)17-6-8(16)12-4-3-10/h2,4-6,11H2,1H3,(H,12,16). The summed E-state index contributed by atoms with van der Waals surface area (Å²) in [5, 5.41) is 19.3. The molecule has 0 atom stereocenters. The van der Waals surface area contributed by atoms with Crippen molar-refractivity contribution in [3.05, 3.63) is 5.82 Å². The van der Waals surface area contributed by atoms with Crippen LogP contribution in [0.25, 0.3) is 0 Å². The number of nitriles is 1. The lowest BCUT2D eigenvalue weighted by molar-refractivity contribution is -0.118. The van der Waals surface area contributed by atoms with Crippen LogP contribution in [0.1, 0.15) is 12.7 Å². The Balaban J connectivity index is 2.54. The fourth-order valence-electron chi connectivity index (χ4n) is 1.21. The highest BCUT2D eigenvalue weighted by atomic mass is 32.2. The summed E-state index contributed by atoms with van der Waals surface area (Å²) in [6, 6.07) is 1.84. The number of hydrogen-bond acceptors (Lipinski definition) is 6. The number of rotatable bonds is 6. The molecule has 0 radical (unpaired) electrons. The molecule has 0 aliphatic rings. The van der Waals surface area contributed by atoms with Crippen LogP contribution < -0.4 is 11.1 Å². The quantitative estimate of drug-likeness (QED) is 0.522. The van der Waals surface area contributed by atoms with Crippen LogP contribution in [0.5, 0.6) is 0 Å². The Kier molecular flexibility index (Phi) is 5.45. The number of nitrogens with two attached hydrogens (primary N) is 1. The van der Waals surface area contributed by atoms with Gasteiger partial charge in [-0.15, -0.1) is 10.2 Å². The molecule has 0 saturated carbocycles. The van der Waals surface area contributed by atoms with Crippen molar-refractivity contribution in [1.29, 1.82) is 5.26 Å². The van der Waals surface area contributed by atoms with E-state index < -0.39 is 0 Å². The fraction of sp³-hybridized carbons (Fsp3) is 0.556. The third kappa shape index (κ3) is 3.72. The first kappa shape index (κ1) is 13.5. The van der Waals surface area contributed by atoms with Crippen molar-refractivity contribution in [2.45, 2.75) is 25.2 Å². The monoisotopic (exact) mass is 254 g/mol. The number of carbonyl (C=O) groups excluding carboxylic acids is 1. The second-order valence-electron chi connectivity index (χ2n) is 3.07. The normalized spacial score (nSPS) is 9.94. The van der Waals surface area contributed by atoms with E-state index in [-0.39, 0.29) is 18.2 Å². The van der Waals surface area contributed by atoms with Gasteiger partial charge in [-0.3, -0.25) is 4.79 Å². The number of amides is 1. The molecule has 92 valence electrons. The van der Waals surface area contributed by atoms with Gasteiger partial charge < -0.3 is 15.6 Å². The molecule has 1 aromatic rings. The minimum Gasteiger partial charge on any atom is -0.342 e. The number of carbonyl (C=O) groups is 1. The van der Waals surface area contributed by atoms with Gasteiger partial charge in [0, 0.05) is 6.54 Å². The van der Waals surface area contributed by atoms with Crippen molar-refractivity contribution in [3.8, 4) is 6.07 Å². The second kappa shape index (κ2) is 6.88. The molecular formula is C9H14N6OS. The SMILES string of the molecule is CCn1c(CN)nnc1SCC(=O)NCC#N. The Morgan fingerprint density at radius 2 is 2.41 bits per heavy atom. The predicted octanol–water partition coefficient (Wildman–Crippen LogP) is -0.511. The molecule has 0 aromatic carbocycles. The Morgan fingerprint density at radius 3 is 3.00 bits per heavy atom. The van der Waals surface area contributed by atoms with Gasteiger partial charge in [0.2, 0.25) is 5.91 Å². The van der Waals surface area contributed by atoms with E-state index >= 15 is 0 Å². The molecule has 8 heteroatoms. The van der Waals surface area contributed by atoms with Gasteiger partial charge in [-0.25, -0.2) is 0 Å². The van der Waals surface area contributed by atoms with Crippen LogP contribution in [0.3, 0.4) is 0 Å². The number of aromatic nitrogens is 3. The Morgan fingerprint density at radius 1 is 1.65 bits per heavy atom. The number of thioether (sulfide) groups is 1.